The first-order chi connectivity index (χ1) is 19.9. The monoisotopic (exact) mass is 582 g/mol. The molecule has 0 unspecified atom stereocenters. The van der Waals surface area contributed by atoms with E-state index in [0.717, 1.165) is 12.1 Å². The van der Waals surface area contributed by atoms with Gasteiger partial charge in [-0.15, -0.1) is 13.2 Å². The summed E-state index contributed by atoms with van der Waals surface area (Å²) in [5.74, 6) is -0.382. The van der Waals surface area contributed by atoms with E-state index in [1.807, 2.05) is 0 Å². The van der Waals surface area contributed by atoms with Crippen molar-refractivity contribution in [2.24, 2.45) is 0 Å². The van der Waals surface area contributed by atoms with E-state index < -0.39 is 35.4 Å². The summed E-state index contributed by atoms with van der Waals surface area (Å²) in [5.41, 5.74) is 0.173. The van der Waals surface area contributed by atoms with Crippen molar-refractivity contribution < 1.29 is 41.5 Å². The first-order valence-corrected chi connectivity index (χ1v) is 12.5. The van der Waals surface area contributed by atoms with Crippen LogP contribution in [0, 0.1) is 0 Å². The van der Waals surface area contributed by atoms with Gasteiger partial charge in [-0.05, 0) is 42.3 Å². The van der Waals surface area contributed by atoms with Crippen molar-refractivity contribution in [3.05, 3.63) is 82.3 Å². The van der Waals surface area contributed by atoms with Crippen LogP contribution >= 0.6 is 0 Å². The second-order valence-electron chi connectivity index (χ2n) is 9.84. The van der Waals surface area contributed by atoms with E-state index in [-0.39, 0.29) is 29.8 Å². The Morgan fingerprint density at radius 2 is 1.67 bits per heavy atom. The highest BCUT2D eigenvalue weighted by Gasteiger charge is 2.44. The average molecular weight is 582 g/mol. The lowest BCUT2D eigenvalue weighted by molar-refractivity contribution is -0.274. The lowest BCUT2D eigenvalue weighted by Crippen LogP contribution is -2.38. The lowest BCUT2D eigenvalue weighted by atomic mass is 9.95. The number of alkyl carbamates (subject to hydrolysis) is 1. The van der Waals surface area contributed by atoms with Crippen molar-refractivity contribution in [1.82, 2.24) is 19.6 Å². The molecule has 6 rings (SSSR count). The maximum Gasteiger partial charge on any atom is 0.573 e. The summed E-state index contributed by atoms with van der Waals surface area (Å²) in [6, 6.07) is 15.4. The zero-order chi connectivity index (χ0) is 29.8. The molecule has 216 valence electrons. The minimum absolute atomic E-state index is 0.0194. The van der Waals surface area contributed by atoms with Crippen molar-refractivity contribution >= 4 is 34.0 Å². The highest BCUT2D eigenvalue weighted by atomic mass is 19.4. The molecule has 1 N–H and O–H groups in total. The van der Waals surface area contributed by atoms with E-state index in [9.17, 15) is 27.6 Å². The van der Waals surface area contributed by atoms with E-state index in [0.29, 0.717) is 27.8 Å². The number of amides is 2. The van der Waals surface area contributed by atoms with Crippen LogP contribution in [0.3, 0.4) is 0 Å². The maximum absolute atomic E-state index is 13.8. The summed E-state index contributed by atoms with van der Waals surface area (Å²) in [5, 5.41) is 6.66. The molecule has 0 saturated carbocycles. The van der Waals surface area contributed by atoms with Gasteiger partial charge in [0.25, 0.3) is 5.91 Å². The van der Waals surface area contributed by atoms with Gasteiger partial charge in [0.15, 0.2) is 17.0 Å². The third-order valence-corrected chi connectivity index (χ3v) is 6.93. The number of benzene rings is 3. The molecule has 1 atom stereocenters. The van der Waals surface area contributed by atoms with Crippen LogP contribution in [0.1, 0.15) is 18.1 Å². The van der Waals surface area contributed by atoms with E-state index >= 15 is 0 Å². The number of carbonyl (C=O) groups excluding carboxylic acids is 2. The van der Waals surface area contributed by atoms with Crippen LogP contribution in [0.2, 0.25) is 0 Å². The van der Waals surface area contributed by atoms with Crippen LogP contribution in [-0.4, -0.2) is 45.4 Å². The highest BCUT2D eigenvalue weighted by Crippen LogP contribution is 2.31. The SMILES string of the molecule is COc1ccc2c(-n3c(=O)n(Cc4ccc(C[C@@]5(C)OC(=O)NC5=O)cc4)c4cc(OC(F)(F)F)ccc43)noc2c1. The number of carbonyl (C=O) groups is 2. The largest absolute Gasteiger partial charge is 0.573 e. The molecule has 1 saturated heterocycles. The molecule has 0 radical (unpaired) electrons. The quantitative estimate of drug-likeness (QED) is 0.298. The summed E-state index contributed by atoms with van der Waals surface area (Å²) < 4.78 is 61.4. The van der Waals surface area contributed by atoms with Gasteiger partial charge in [0, 0.05) is 18.6 Å². The number of fused-ring (bicyclic) bond motifs is 2. The Kier molecular flexibility index (Phi) is 6.20. The Morgan fingerprint density at radius 1 is 0.952 bits per heavy atom. The molecular weight excluding hydrogens is 561 g/mol. The van der Waals surface area contributed by atoms with E-state index in [1.165, 1.54) is 29.2 Å². The number of ether oxygens (including phenoxy) is 3. The fraction of sp³-hybridized carbons (Fsp3) is 0.214. The van der Waals surface area contributed by atoms with Gasteiger partial charge in [0.05, 0.1) is 30.1 Å². The molecular formula is C28H21F3N4O7. The fourth-order valence-corrected chi connectivity index (χ4v) is 4.94. The predicted octanol–water partition coefficient (Wildman–Crippen LogP) is 4.46. The summed E-state index contributed by atoms with van der Waals surface area (Å²) in [7, 11) is 1.49. The molecule has 1 aliphatic rings. The molecule has 14 heteroatoms. The van der Waals surface area contributed by atoms with Gasteiger partial charge < -0.3 is 18.7 Å². The van der Waals surface area contributed by atoms with Gasteiger partial charge in [-0.1, -0.05) is 29.4 Å². The van der Waals surface area contributed by atoms with Gasteiger partial charge in [-0.25, -0.2) is 14.2 Å². The molecule has 3 aromatic carbocycles. The summed E-state index contributed by atoms with van der Waals surface area (Å²) in [6.45, 7) is 1.48. The Hall–Kier alpha value is -5.27. The van der Waals surface area contributed by atoms with E-state index in [2.05, 4.69) is 15.2 Å². The first-order valence-electron chi connectivity index (χ1n) is 12.5. The number of aromatic nitrogens is 3. The van der Waals surface area contributed by atoms with Crippen LogP contribution < -0.4 is 20.5 Å². The number of imidazole rings is 1. The standard InChI is InChI=1S/C28H21F3N4O7/c1-27(24(36)32-25(37)41-27)13-15-3-5-16(6-4-15)14-34-21-11-18(40-28(29,30)31)8-10-20(21)35(26(34)38)23-19-9-7-17(39-2)12-22(19)42-33-23/h3-12H,13-14H2,1-2H3,(H,32,36,37)/t27-/m1/s1. The van der Waals surface area contributed by atoms with Crippen molar-refractivity contribution in [2.75, 3.05) is 7.11 Å². The normalized spacial score (nSPS) is 17.1. The Balaban J connectivity index is 1.41. The third kappa shape index (κ3) is 4.80. The van der Waals surface area contributed by atoms with Gasteiger partial charge in [-0.2, -0.15) is 0 Å². The van der Waals surface area contributed by atoms with Crippen molar-refractivity contribution in [3.63, 3.8) is 0 Å². The van der Waals surface area contributed by atoms with Crippen LogP contribution in [0.25, 0.3) is 27.8 Å². The molecule has 42 heavy (non-hydrogen) atoms. The number of hydrogen-bond acceptors (Lipinski definition) is 8. The zero-order valence-electron chi connectivity index (χ0n) is 22.0. The summed E-state index contributed by atoms with van der Waals surface area (Å²) >= 11 is 0. The zero-order valence-corrected chi connectivity index (χ0v) is 22.0. The molecule has 2 amide bonds. The molecule has 0 spiro atoms. The molecule has 1 fully saturated rings. The Bertz CT molecular complexity index is 1920. The smallest absolute Gasteiger partial charge is 0.497 e. The molecule has 2 aromatic heterocycles. The Labute approximate surface area is 234 Å². The minimum atomic E-state index is -4.93. The van der Waals surface area contributed by atoms with Gasteiger partial charge in [0.2, 0.25) is 0 Å². The van der Waals surface area contributed by atoms with Crippen LogP contribution in [0.15, 0.2) is 70.0 Å². The second kappa shape index (κ2) is 9.68. The number of imide groups is 1. The topological polar surface area (TPSA) is 127 Å². The maximum atomic E-state index is 13.8. The van der Waals surface area contributed by atoms with Crippen LogP contribution in [0.4, 0.5) is 18.0 Å². The predicted molar refractivity (Wildman–Crippen MR) is 141 cm³/mol. The molecule has 5 aromatic rings. The van der Waals surface area contributed by atoms with Gasteiger partial charge >= 0.3 is 18.1 Å². The number of nitrogens with zero attached hydrogens (tertiary/aromatic N) is 3. The number of rotatable bonds is 7. The van der Waals surface area contributed by atoms with E-state index in [1.54, 1.807) is 42.5 Å². The van der Waals surface area contributed by atoms with Gasteiger partial charge in [-0.3, -0.25) is 14.7 Å². The summed E-state index contributed by atoms with van der Waals surface area (Å²) in [6.07, 6.45) is -5.63. The number of methoxy groups -OCH3 is 1. The Morgan fingerprint density at radius 3 is 2.33 bits per heavy atom. The number of hydrogen-bond donors (Lipinski definition) is 1. The van der Waals surface area contributed by atoms with Crippen molar-refractivity contribution in [2.45, 2.75) is 31.9 Å². The van der Waals surface area contributed by atoms with Crippen LogP contribution in [-0.2, 0) is 22.5 Å². The lowest BCUT2D eigenvalue weighted by Gasteiger charge is -2.19. The number of alkyl halides is 3. The summed E-state index contributed by atoms with van der Waals surface area (Å²) in [4.78, 5) is 37.4. The van der Waals surface area contributed by atoms with Crippen molar-refractivity contribution in [3.8, 4) is 17.3 Å². The molecule has 3 heterocycles. The number of halogens is 3. The minimum Gasteiger partial charge on any atom is -0.497 e. The molecule has 0 bridgehead atoms. The third-order valence-electron chi connectivity index (χ3n) is 6.93. The number of cyclic esters (lactones) is 1. The first kappa shape index (κ1) is 26.9. The highest BCUT2D eigenvalue weighted by molar-refractivity contribution is 6.02. The average Bonchev–Trinajstić information content (AvgIpc) is 3.54. The molecule has 1 aliphatic heterocycles. The van der Waals surface area contributed by atoms with E-state index in [4.69, 9.17) is 14.0 Å². The molecule has 0 aliphatic carbocycles. The van der Waals surface area contributed by atoms with Gasteiger partial charge in [0.1, 0.15) is 11.5 Å². The fourth-order valence-electron chi connectivity index (χ4n) is 4.94. The van der Waals surface area contributed by atoms with Crippen molar-refractivity contribution in [1.29, 1.82) is 0 Å². The second-order valence-corrected chi connectivity index (χ2v) is 9.84. The van der Waals surface area contributed by atoms with Crippen LogP contribution in [0.5, 0.6) is 11.5 Å². The molecule has 11 nitrogen and oxygen atoms in total. The number of nitrogens with one attached hydrogen (secondary N) is 1.